The van der Waals surface area contributed by atoms with Crippen molar-refractivity contribution in [3.8, 4) is 0 Å². The molecule has 1 aromatic rings. The van der Waals surface area contributed by atoms with Crippen molar-refractivity contribution in [2.45, 2.75) is 52.4 Å². The van der Waals surface area contributed by atoms with Gasteiger partial charge >= 0.3 is 0 Å². The lowest BCUT2D eigenvalue weighted by molar-refractivity contribution is -0.134. The Kier molecular flexibility index (Phi) is 5.74. The highest BCUT2D eigenvalue weighted by atomic mass is 16.2. The Bertz CT molecular complexity index is 435. The molecule has 1 saturated heterocycles. The lowest BCUT2D eigenvalue weighted by Crippen LogP contribution is -2.39. The smallest absolute Gasteiger partial charge is 0.234 e. The molecule has 3 heteroatoms. The zero-order valence-electron chi connectivity index (χ0n) is 12.2. The highest BCUT2D eigenvalue weighted by Gasteiger charge is 2.27. The van der Waals surface area contributed by atoms with Gasteiger partial charge in [-0.25, -0.2) is 0 Å². The Balaban J connectivity index is 0.000000861. The van der Waals surface area contributed by atoms with Crippen molar-refractivity contribution in [2.75, 3.05) is 0 Å². The SMILES string of the molecule is CC.CC(C)c1ccc(C2CCC(=O)NC2=O)cc1. The number of carbonyl (C=O) groups excluding carboxylic acids is 2. The van der Waals surface area contributed by atoms with Gasteiger partial charge in [-0.15, -0.1) is 0 Å². The molecule has 0 bridgehead atoms. The fourth-order valence-electron chi connectivity index (χ4n) is 2.12. The third kappa shape index (κ3) is 3.91. The summed E-state index contributed by atoms with van der Waals surface area (Å²) in [6, 6.07) is 8.11. The van der Waals surface area contributed by atoms with E-state index in [1.165, 1.54) is 5.56 Å². The molecule has 1 atom stereocenters. The number of rotatable bonds is 2. The molecule has 0 aliphatic carbocycles. The maximum absolute atomic E-state index is 11.7. The van der Waals surface area contributed by atoms with Gasteiger partial charge in [0.2, 0.25) is 11.8 Å². The molecule has 104 valence electrons. The maximum atomic E-state index is 11.7. The van der Waals surface area contributed by atoms with Crippen molar-refractivity contribution < 1.29 is 9.59 Å². The quantitative estimate of drug-likeness (QED) is 0.830. The number of amides is 2. The fourth-order valence-corrected chi connectivity index (χ4v) is 2.12. The average Bonchev–Trinajstić information content (AvgIpc) is 2.41. The fraction of sp³-hybridized carbons (Fsp3) is 0.500. The number of hydrogen-bond acceptors (Lipinski definition) is 2. The molecule has 1 unspecified atom stereocenters. The van der Waals surface area contributed by atoms with Crippen molar-refractivity contribution in [3.05, 3.63) is 35.4 Å². The molecule has 1 aliphatic rings. The van der Waals surface area contributed by atoms with Crippen LogP contribution in [-0.4, -0.2) is 11.8 Å². The van der Waals surface area contributed by atoms with Crippen LogP contribution >= 0.6 is 0 Å². The summed E-state index contributed by atoms with van der Waals surface area (Å²) >= 11 is 0. The van der Waals surface area contributed by atoms with Gasteiger partial charge in [0, 0.05) is 6.42 Å². The zero-order valence-corrected chi connectivity index (χ0v) is 12.2. The Morgan fingerprint density at radius 2 is 1.68 bits per heavy atom. The van der Waals surface area contributed by atoms with Crippen LogP contribution in [0.15, 0.2) is 24.3 Å². The second kappa shape index (κ2) is 7.07. The summed E-state index contributed by atoms with van der Waals surface area (Å²) in [5.41, 5.74) is 2.26. The van der Waals surface area contributed by atoms with E-state index in [1.807, 2.05) is 26.0 Å². The number of imide groups is 1. The van der Waals surface area contributed by atoms with E-state index in [0.717, 1.165) is 5.56 Å². The predicted octanol–water partition coefficient (Wildman–Crippen LogP) is 3.36. The minimum Gasteiger partial charge on any atom is -0.296 e. The monoisotopic (exact) mass is 261 g/mol. The molecule has 1 heterocycles. The standard InChI is InChI=1S/C14H17NO2.C2H6/c1-9(2)10-3-5-11(6-4-10)12-7-8-13(16)15-14(12)17;1-2/h3-6,9,12H,7-8H2,1-2H3,(H,15,16,17);1-2H3. The zero-order chi connectivity index (χ0) is 14.4. The van der Waals surface area contributed by atoms with Crippen LogP contribution in [0.3, 0.4) is 0 Å². The average molecular weight is 261 g/mol. The van der Waals surface area contributed by atoms with E-state index in [4.69, 9.17) is 0 Å². The van der Waals surface area contributed by atoms with Crippen LogP contribution < -0.4 is 5.32 Å². The van der Waals surface area contributed by atoms with Crippen molar-refractivity contribution in [2.24, 2.45) is 0 Å². The molecule has 0 aromatic heterocycles. The van der Waals surface area contributed by atoms with Crippen LogP contribution in [-0.2, 0) is 9.59 Å². The van der Waals surface area contributed by atoms with E-state index in [9.17, 15) is 9.59 Å². The predicted molar refractivity (Wildman–Crippen MR) is 77.0 cm³/mol. The van der Waals surface area contributed by atoms with Crippen molar-refractivity contribution in [3.63, 3.8) is 0 Å². The summed E-state index contributed by atoms with van der Waals surface area (Å²) in [6.07, 6.45) is 1.05. The first-order valence-electron chi connectivity index (χ1n) is 7.01. The Morgan fingerprint density at radius 1 is 1.11 bits per heavy atom. The van der Waals surface area contributed by atoms with Gasteiger partial charge in [-0.2, -0.15) is 0 Å². The molecular weight excluding hydrogens is 238 g/mol. The molecule has 1 N–H and O–H groups in total. The number of hydrogen-bond donors (Lipinski definition) is 1. The molecule has 1 fully saturated rings. The van der Waals surface area contributed by atoms with E-state index in [-0.39, 0.29) is 17.7 Å². The van der Waals surface area contributed by atoms with E-state index in [1.54, 1.807) is 0 Å². The summed E-state index contributed by atoms with van der Waals surface area (Å²) in [6.45, 7) is 8.28. The number of piperidine rings is 1. The molecular formula is C16H23NO2. The van der Waals surface area contributed by atoms with Crippen LogP contribution in [0, 0.1) is 0 Å². The minimum absolute atomic E-state index is 0.162. The number of nitrogens with one attached hydrogen (secondary N) is 1. The molecule has 0 radical (unpaired) electrons. The number of carbonyl (C=O) groups is 2. The second-order valence-corrected chi connectivity index (χ2v) is 4.83. The van der Waals surface area contributed by atoms with Gasteiger partial charge in [-0.05, 0) is 23.5 Å². The van der Waals surface area contributed by atoms with Crippen LogP contribution in [0.4, 0.5) is 0 Å². The first kappa shape index (κ1) is 15.4. The molecule has 0 spiro atoms. The van der Waals surface area contributed by atoms with Crippen molar-refractivity contribution >= 4 is 11.8 Å². The van der Waals surface area contributed by atoms with Crippen molar-refractivity contribution in [1.29, 1.82) is 0 Å². The summed E-state index contributed by atoms with van der Waals surface area (Å²) in [5, 5.41) is 2.39. The third-order valence-corrected chi connectivity index (χ3v) is 3.24. The number of benzene rings is 1. The third-order valence-electron chi connectivity index (χ3n) is 3.24. The lowest BCUT2D eigenvalue weighted by Gasteiger charge is -2.21. The van der Waals surface area contributed by atoms with E-state index < -0.39 is 0 Å². The molecule has 0 saturated carbocycles. The van der Waals surface area contributed by atoms with Crippen LogP contribution in [0.5, 0.6) is 0 Å². The van der Waals surface area contributed by atoms with E-state index in [2.05, 4.69) is 31.3 Å². The summed E-state index contributed by atoms with van der Waals surface area (Å²) in [4.78, 5) is 22.8. The highest BCUT2D eigenvalue weighted by Crippen LogP contribution is 2.26. The minimum atomic E-state index is -0.172. The Morgan fingerprint density at radius 3 is 2.16 bits per heavy atom. The molecule has 19 heavy (non-hydrogen) atoms. The van der Waals surface area contributed by atoms with Crippen LogP contribution in [0.1, 0.15) is 63.5 Å². The first-order valence-corrected chi connectivity index (χ1v) is 7.01. The molecule has 3 nitrogen and oxygen atoms in total. The highest BCUT2D eigenvalue weighted by molar-refractivity contribution is 6.00. The van der Waals surface area contributed by atoms with Gasteiger partial charge < -0.3 is 0 Å². The first-order chi connectivity index (χ1) is 9.08. The lowest BCUT2D eigenvalue weighted by atomic mass is 9.89. The molecule has 1 aliphatic heterocycles. The molecule has 2 rings (SSSR count). The van der Waals surface area contributed by atoms with Gasteiger partial charge in [0.15, 0.2) is 0 Å². The normalized spacial score (nSPS) is 18.7. The van der Waals surface area contributed by atoms with Crippen LogP contribution in [0.2, 0.25) is 0 Å². The van der Waals surface area contributed by atoms with E-state index in [0.29, 0.717) is 18.8 Å². The maximum Gasteiger partial charge on any atom is 0.234 e. The van der Waals surface area contributed by atoms with Gasteiger partial charge in [-0.1, -0.05) is 52.0 Å². The van der Waals surface area contributed by atoms with Gasteiger partial charge in [0.1, 0.15) is 0 Å². The summed E-state index contributed by atoms with van der Waals surface area (Å²) < 4.78 is 0. The summed E-state index contributed by atoms with van der Waals surface area (Å²) in [5.74, 6) is -0.0108. The second-order valence-electron chi connectivity index (χ2n) is 4.83. The van der Waals surface area contributed by atoms with Gasteiger partial charge in [-0.3, -0.25) is 14.9 Å². The van der Waals surface area contributed by atoms with E-state index >= 15 is 0 Å². The molecule has 1 aromatic carbocycles. The molecule has 2 amide bonds. The Hall–Kier alpha value is -1.64. The topological polar surface area (TPSA) is 46.2 Å². The van der Waals surface area contributed by atoms with Crippen molar-refractivity contribution in [1.82, 2.24) is 5.32 Å². The Labute approximate surface area is 115 Å². The van der Waals surface area contributed by atoms with Gasteiger partial charge in [0.25, 0.3) is 0 Å². The summed E-state index contributed by atoms with van der Waals surface area (Å²) in [7, 11) is 0. The van der Waals surface area contributed by atoms with Crippen LogP contribution in [0.25, 0.3) is 0 Å². The van der Waals surface area contributed by atoms with Gasteiger partial charge in [0.05, 0.1) is 5.92 Å². The largest absolute Gasteiger partial charge is 0.296 e.